The van der Waals surface area contributed by atoms with Crippen LogP contribution >= 0.6 is 23.2 Å². The number of piperazine rings is 1. The summed E-state index contributed by atoms with van der Waals surface area (Å²) in [4.78, 5) is 33.6. The Labute approximate surface area is 195 Å². The molecule has 9 heteroatoms. The first-order valence-electron chi connectivity index (χ1n) is 10.1. The SMILES string of the molecule is COc1ccc(-c2cc(=O)n(CC(=O)N3CCN(c4ccc(Cl)c(Cl)c4)CC3)cn2)cc1. The van der Waals surface area contributed by atoms with E-state index in [1.54, 1.807) is 18.1 Å². The monoisotopic (exact) mass is 472 g/mol. The molecule has 0 radical (unpaired) electrons. The largest absolute Gasteiger partial charge is 0.497 e. The van der Waals surface area contributed by atoms with E-state index in [2.05, 4.69) is 9.88 Å². The number of nitrogens with zero attached hydrogens (tertiary/aromatic N) is 4. The van der Waals surface area contributed by atoms with Crippen molar-refractivity contribution in [3.05, 3.63) is 75.3 Å². The highest BCUT2D eigenvalue weighted by Crippen LogP contribution is 2.27. The summed E-state index contributed by atoms with van der Waals surface area (Å²) >= 11 is 12.1. The van der Waals surface area contributed by atoms with Crippen LogP contribution in [0.25, 0.3) is 11.3 Å². The molecule has 1 aromatic heterocycles. The van der Waals surface area contributed by atoms with Crippen LogP contribution in [0.5, 0.6) is 5.75 Å². The minimum absolute atomic E-state index is 0.0402. The van der Waals surface area contributed by atoms with E-state index in [0.29, 0.717) is 41.9 Å². The Morgan fingerprint density at radius 2 is 1.72 bits per heavy atom. The molecule has 0 unspecified atom stereocenters. The number of rotatable bonds is 5. The number of amides is 1. The first-order chi connectivity index (χ1) is 15.4. The Hall–Kier alpha value is -3.03. The number of anilines is 1. The van der Waals surface area contributed by atoms with Crippen molar-refractivity contribution in [2.75, 3.05) is 38.2 Å². The smallest absolute Gasteiger partial charge is 0.254 e. The van der Waals surface area contributed by atoms with E-state index < -0.39 is 0 Å². The van der Waals surface area contributed by atoms with Crippen LogP contribution in [0.2, 0.25) is 10.0 Å². The molecule has 4 rings (SSSR count). The summed E-state index contributed by atoms with van der Waals surface area (Å²) in [6.45, 7) is 2.43. The lowest BCUT2D eigenvalue weighted by molar-refractivity contribution is -0.132. The molecule has 2 aromatic carbocycles. The van der Waals surface area contributed by atoms with Gasteiger partial charge in [0, 0.05) is 43.5 Å². The predicted octanol–water partition coefficient (Wildman–Crippen LogP) is 3.57. The summed E-state index contributed by atoms with van der Waals surface area (Å²) in [5.74, 6) is 0.617. The Kier molecular flexibility index (Phi) is 6.67. The third kappa shape index (κ3) is 4.89. The Morgan fingerprint density at radius 1 is 1.00 bits per heavy atom. The van der Waals surface area contributed by atoms with Crippen molar-refractivity contribution in [1.29, 1.82) is 0 Å². The van der Waals surface area contributed by atoms with Gasteiger partial charge in [0.1, 0.15) is 12.3 Å². The molecule has 0 aliphatic carbocycles. The normalized spacial score (nSPS) is 13.8. The molecule has 1 aliphatic rings. The van der Waals surface area contributed by atoms with Gasteiger partial charge >= 0.3 is 0 Å². The number of hydrogen-bond donors (Lipinski definition) is 0. The average molecular weight is 473 g/mol. The minimum Gasteiger partial charge on any atom is -0.497 e. The van der Waals surface area contributed by atoms with Crippen LogP contribution in [-0.2, 0) is 11.3 Å². The van der Waals surface area contributed by atoms with E-state index in [4.69, 9.17) is 27.9 Å². The molecule has 166 valence electrons. The second-order valence-corrected chi connectivity index (χ2v) is 8.25. The zero-order valence-electron chi connectivity index (χ0n) is 17.5. The van der Waals surface area contributed by atoms with Crippen molar-refractivity contribution in [2.45, 2.75) is 6.54 Å². The van der Waals surface area contributed by atoms with Crippen molar-refractivity contribution < 1.29 is 9.53 Å². The molecule has 3 aromatic rings. The Bertz CT molecular complexity index is 1170. The van der Waals surface area contributed by atoms with Crippen LogP contribution in [0.4, 0.5) is 5.69 Å². The van der Waals surface area contributed by atoms with Gasteiger partial charge in [0.25, 0.3) is 5.56 Å². The number of halogens is 2. The van der Waals surface area contributed by atoms with Gasteiger partial charge in [-0.05, 0) is 42.5 Å². The molecule has 0 atom stereocenters. The topological polar surface area (TPSA) is 67.7 Å². The molecule has 7 nitrogen and oxygen atoms in total. The van der Waals surface area contributed by atoms with E-state index in [1.165, 1.54) is 17.0 Å². The van der Waals surface area contributed by atoms with E-state index >= 15 is 0 Å². The van der Waals surface area contributed by atoms with Gasteiger partial charge in [-0.25, -0.2) is 4.98 Å². The van der Waals surface area contributed by atoms with Crippen LogP contribution in [-0.4, -0.2) is 53.6 Å². The van der Waals surface area contributed by atoms with Crippen molar-refractivity contribution in [1.82, 2.24) is 14.5 Å². The van der Waals surface area contributed by atoms with Crippen LogP contribution in [0.3, 0.4) is 0 Å². The molecule has 1 aliphatic heterocycles. The number of ether oxygens (including phenoxy) is 1. The van der Waals surface area contributed by atoms with Crippen molar-refractivity contribution in [2.24, 2.45) is 0 Å². The Morgan fingerprint density at radius 3 is 2.34 bits per heavy atom. The number of carbonyl (C=O) groups is 1. The van der Waals surface area contributed by atoms with Gasteiger partial charge in [-0.2, -0.15) is 0 Å². The lowest BCUT2D eigenvalue weighted by Crippen LogP contribution is -2.50. The van der Waals surface area contributed by atoms with Gasteiger partial charge in [-0.1, -0.05) is 23.2 Å². The van der Waals surface area contributed by atoms with Gasteiger partial charge in [0.15, 0.2) is 0 Å². The van der Waals surface area contributed by atoms with Crippen LogP contribution in [0, 0.1) is 0 Å². The number of carbonyl (C=O) groups excluding carboxylic acids is 1. The molecule has 0 saturated carbocycles. The summed E-state index contributed by atoms with van der Waals surface area (Å²) in [5.41, 5.74) is 2.06. The molecule has 32 heavy (non-hydrogen) atoms. The van der Waals surface area contributed by atoms with Crippen molar-refractivity contribution in [3.63, 3.8) is 0 Å². The lowest BCUT2D eigenvalue weighted by atomic mass is 10.1. The number of hydrogen-bond acceptors (Lipinski definition) is 5. The van der Waals surface area contributed by atoms with Gasteiger partial charge < -0.3 is 14.5 Å². The third-order valence-corrected chi connectivity index (χ3v) is 6.21. The molecular formula is C23H22Cl2N4O3. The lowest BCUT2D eigenvalue weighted by Gasteiger charge is -2.36. The second kappa shape index (κ2) is 9.63. The maximum Gasteiger partial charge on any atom is 0.254 e. The molecule has 1 amide bonds. The highest BCUT2D eigenvalue weighted by atomic mass is 35.5. The fourth-order valence-corrected chi connectivity index (χ4v) is 3.90. The molecule has 1 saturated heterocycles. The minimum atomic E-state index is -0.270. The fraction of sp³-hybridized carbons (Fsp3) is 0.261. The van der Waals surface area contributed by atoms with Gasteiger partial charge in [-0.3, -0.25) is 14.2 Å². The van der Waals surface area contributed by atoms with E-state index in [1.807, 2.05) is 36.4 Å². The molecular weight excluding hydrogens is 451 g/mol. The summed E-state index contributed by atoms with van der Waals surface area (Å²) in [6.07, 6.45) is 1.42. The second-order valence-electron chi connectivity index (χ2n) is 7.44. The van der Waals surface area contributed by atoms with Crippen LogP contribution < -0.4 is 15.2 Å². The summed E-state index contributed by atoms with van der Waals surface area (Å²) < 4.78 is 6.48. The summed E-state index contributed by atoms with van der Waals surface area (Å²) in [7, 11) is 1.60. The summed E-state index contributed by atoms with van der Waals surface area (Å²) in [6, 6.07) is 14.3. The maximum atomic E-state index is 12.8. The predicted molar refractivity (Wildman–Crippen MR) is 126 cm³/mol. The van der Waals surface area contributed by atoms with Crippen molar-refractivity contribution >= 4 is 34.8 Å². The number of methoxy groups -OCH3 is 1. The van der Waals surface area contributed by atoms with Gasteiger partial charge in [0.05, 0.1) is 29.2 Å². The van der Waals surface area contributed by atoms with Gasteiger partial charge in [-0.15, -0.1) is 0 Å². The van der Waals surface area contributed by atoms with Crippen LogP contribution in [0.15, 0.2) is 59.7 Å². The van der Waals surface area contributed by atoms with Crippen LogP contribution in [0.1, 0.15) is 0 Å². The first kappa shape index (κ1) is 22.2. The zero-order valence-corrected chi connectivity index (χ0v) is 19.0. The van der Waals surface area contributed by atoms with E-state index in [0.717, 1.165) is 17.0 Å². The quantitative estimate of drug-likeness (QED) is 0.567. The summed E-state index contributed by atoms with van der Waals surface area (Å²) in [5, 5.41) is 1.02. The molecule has 1 fully saturated rings. The maximum absolute atomic E-state index is 12.8. The fourth-order valence-electron chi connectivity index (χ4n) is 3.61. The van der Waals surface area contributed by atoms with E-state index in [9.17, 15) is 9.59 Å². The first-order valence-corrected chi connectivity index (χ1v) is 10.9. The van der Waals surface area contributed by atoms with Crippen molar-refractivity contribution in [3.8, 4) is 17.0 Å². The standard InChI is InChI=1S/C23H22Cl2N4O3/c1-32-18-5-2-16(3-6-18)21-13-22(30)29(15-26-21)14-23(31)28-10-8-27(9-11-28)17-4-7-19(24)20(25)12-17/h2-7,12-13,15H,8-11,14H2,1H3. The Balaban J connectivity index is 1.37. The third-order valence-electron chi connectivity index (χ3n) is 5.47. The zero-order chi connectivity index (χ0) is 22.7. The molecule has 2 heterocycles. The highest BCUT2D eigenvalue weighted by molar-refractivity contribution is 6.42. The average Bonchev–Trinajstić information content (AvgIpc) is 2.82. The molecule has 0 bridgehead atoms. The van der Waals surface area contributed by atoms with E-state index in [-0.39, 0.29) is 18.0 Å². The number of benzene rings is 2. The van der Waals surface area contributed by atoms with Gasteiger partial charge in [0.2, 0.25) is 5.91 Å². The molecule has 0 spiro atoms. The highest BCUT2D eigenvalue weighted by Gasteiger charge is 2.22. The number of aromatic nitrogens is 2. The molecule has 0 N–H and O–H groups in total.